The molecule has 3 rings (SSSR count). The Morgan fingerprint density at radius 1 is 1.11 bits per heavy atom. The van der Waals surface area contributed by atoms with Gasteiger partial charge in [0.15, 0.2) is 0 Å². The molecule has 0 fully saturated rings. The van der Waals surface area contributed by atoms with Crippen LogP contribution in [0.1, 0.15) is 5.56 Å². The first-order valence-corrected chi connectivity index (χ1v) is 5.73. The van der Waals surface area contributed by atoms with E-state index in [9.17, 15) is 0 Å². The number of nitrogens with zero attached hydrogens (tertiary/aromatic N) is 6. The summed E-state index contributed by atoms with van der Waals surface area (Å²) >= 11 is 0. The minimum Gasteiger partial charge on any atom is -0.379 e. The zero-order chi connectivity index (χ0) is 12.9. The highest BCUT2D eigenvalue weighted by Gasteiger charge is 2.04. The number of aromatic nitrogens is 6. The number of hydrogen-bond acceptors (Lipinski definition) is 6. The molecule has 3 aromatic rings. The Morgan fingerprint density at radius 2 is 1.95 bits per heavy atom. The lowest BCUT2D eigenvalue weighted by molar-refractivity contribution is 0.789. The van der Waals surface area contributed by atoms with E-state index in [0.29, 0.717) is 6.54 Å². The van der Waals surface area contributed by atoms with Crippen LogP contribution in [0.4, 0.5) is 5.69 Å². The molecule has 0 saturated carbocycles. The molecule has 0 aliphatic rings. The molecule has 1 N–H and O–H groups in total. The number of hydrogen-bond donors (Lipinski definition) is 1. The fourth-order valence-electron chi connectivity index (χ4n) is 1.71. The van der Waals surface area contributed by atoms with Gasteiger partial charge >= 0.3 is 0 Å². The number of tetrazole rings is 1. The summed E-state index contributed by atoms with van der Waals surface area (Å²) in [6, 6.07) is 7.81. The van der Waals surface area contributed by atoms with Crippen LogP contribution in [0.2, 0.25) is 0 Å². The summed E-state index contributed by atoms with van der Waals surface area (Å²) in [6.07, 6.45) is 6.63. The summed E-state index contributed by atoms with van der Waals surface area (Å²) in [5, 5.41) is 14.5. The van der Waals surface area contributed by atoms with Crippen LogP contribution in [0.15, 0.2) is 49.3 Å². The van der Waals surface area contributed by atoms with Crippen molar-refractivity contribution in [2.24, 2.45) is 0 Å². The lowest BCUT2D eigenvalue weighted by Crippen LogP contribution is -2.05. The van der Waals surface area contributed by atoms with Gasteiger partial charge in [0, 0.05) is 24.5 Å². The Balaban J connectivity index is 1.82. The average molecular weight is 253 g/mol. The molecule has 7 heteroatoms. The van der Waals surface area contributed by atoms with Crippen molar-refractivity contribution in [2.75, 3.05) is 5.32 Å². The maximum atomic E-state index is 3.98. The highest BCUT2D eigenvalue weighted by Crippen LogP contribution is 2.18. The van der Waals surface area contributed by atoms with Crippen molar-refractivity contribution in [3.8, 4) is 5.69 Å². The summed E-state index contributed by atoms with van der Waals surface area (Å²) in [6.45, 7) is 0.639. The SMILES string of the molecule is c1ccc(-n2cnnn2)c(NCc2cncnc2)c1. The summed E-state index contributed by atoms with van der Waals surface area (Å²) in [5.74, 6) is 0. The summed E-state index contributed by atoms with van der Waals surface area (Å²) in [5.41, 5.74) is 2.84. The highest BCUT2D eigenvalue weighted by molar-refractivity contribution is 5.60. The van der Waals surface area contributed by atoms with Gasteiger partial charge in [0.2, 0.25) is 0 Å². The fourth-order valence-corrected chi connectivity index (χ4v) is 1.71. The first kappa shape index (κ1) is 11.3. The van der Waals surface area contributed by atoms with Crippen LogP contribution in [-0.2, 0) is 6.54 Å². The molecule has 0 bridgehead atoms. The zero-order valence-corrected chi connectivity index (χ0v) is 10.0. The molecule has 7 nitrogen and oxygen atoms in total. The van der Waals surface area contributed by atoms with Crippen LogP contribution < -0.4 is 5.32 Å². The molecular formula is C12H11N7. The monoisotopic (exact) mass is 253 g/mol. The third kappa shape index (κ3) is 2.54. The van der Waals surface area contributed by atoms with E-state index >= 15 is 0 Å². The van der Waals surface area contributed by atoms with Crippen LogP contribution in [0.25, 0.3) is 5.69 Å². The molecule has 1 aromatic carbocycles. The first-order chi connectivity index (χ1) is 9.43. The fraction of sp³-hybridized carbons (Fsp3) is 0.0833. The van der Waals surface area contributed by atoms with E-state index in [-0.39, 0.29) is 0 Å². The van der Waals surface area contributed by atoms with E-state index in [1.165, 1.54) is 6.33 Å². The molecular weight excluding hydrogens is 242 g/mol. The number of nitrogens with one attached hydrogen (secondary N) is 1. The van der Waals surface area contributed by atoms with Gasteiger partial charge in [-0.3, -0.25) is 0 Å². The molecule has 0 unspecified atom stereocenters. The van der Waals surface area contributed by atoms with Gasteiger partial charge in [0.25, 0.3) is 0 Å². The van der Waals surface area contributed by atoms with Crippen molar-refractivity contribution in [3.63, 3.8) is 0 Å². The van der Waals surface area contributed by atoms with Crippen LogP contribution in [0.3, 0.4) is 0 Å². The van der Waals surface area contributed by atoms with Gasteiger partial charge in [0.1, 0.15) is 12.7 Å². The van der Waals surface area contributed by atoms with Gasteiger partial charge in [-0.1, -0.05) is 12.1 Å². The van der Waals surface area contributed by atoms with Crippen molar-refractivity contribution < 1.29 is 0 Å². The van der Waals surface area contributed by atoms with Crippen LogP contribution in [-0.4, -0.2) is 30.2 Å². The molecule has 0 spiro atoms. The molecule has 2 aromatic heterocycles. The second-order valence-corrected chi connectivity index (χ2v) is 3.87. The van der Waals surface area contributed by atoms with Gasteiger partial charge in [-0.15, -0.1) is 5.10 Å². The third-order valence-electron chi connectivity index (χ3n) is 2.60. The van der Waals surface area contributed by atoms with Gasteiger partial charge in [-0.2, -0.15) is 4.68 Å². The number of anilines is 1. The van der Waals surface area contributed by atoms with Crippen LogP contribution in [0.5, 0.6) is 0 Å². The maximum absolute atomic E-state index is 3.98. The summed E-state index contributed by atoms with van der Waals surface area (Å²) in [4.78, 5) is 7.96. The van der Waals surface area contributed by atoms with Gasteiger partial charge < -0.3 is 5.32 Å². The van der Waals surface area contributed by atoms with Crippen molar-refractivity contribution in [2.45, 2.75) is 6.54 Å². The molecule has 0 aliphatic carbocycles. The van der Waals surface area contributed by atoms with E-state index in [0.717, 1.165) is 16.9 Å². The molecule has 19 heavy (non-hydrogen) atoms. The van der Waals surface area contributed by atoms with Gasteiger partial charge in [-0.05, 0) is 22.6 Å². The van der Waals surface area contributed by atoms with Crippen molar-refractivity contribution in [1.82, 2.24) is 30.2 Å². The van der Waals surface area contributed by atoms with E-state index in [2.05, 4.69) is 30.8 Å². The number of benzene rings is 1. The quantitative estimate of drug-likeness (QED) is 0.748. The molecule has 0 saturated heterocycles. The van der Waals surface area contributed by atoms with Crippen molar-refractivity contribution in [3.05, 3.63) is 54.9 Å². The second kappa shape index (κ2) is 5.21. The predicted molar refractivity (Wildman–Crippen MR) is 68.5 cm³/mol. The van der Waals surface area contributed by atoms with Gasteiger partial charge in [0.05, 0.1) is 11.4 Å². The lowest BCUT2D eigenvalue weighted by atomic mass is 10.2. The average Bonchev–Trinajstić information content (AvgIpc) is 3.01. The molecule has 0 radical (unpaired) electrons. The topological polar surface area (TPSA) is 81.4 Å². The van der Waals surface area contributed by atoms with E-state index in [4.69, 9.17) is 0 Å². The Bertz CT molecular complexity index is 636. The molecule has 0 atom stereocenters. The Kier molecular flexibility index (Phi) is 3.09. The molecule has 94 valence electrons. The van der Waals surface area contributed by atoms with E-state index < -0.39 is 0 Å². The largest absolute Gasteiger partial charge is 0.379 e. The number of rotatable bonds is 4. The van der Waals surface area contributed by atoms with Crippen molar-refractivity contribution in [1.29, 1.82) is 0 Å². The highest BCUT2D eigenvalue weighted by atomic mass is 15.5. The minimum absolute atomic E-state index is 0.639. The van der Waals surface area contributed by atoms with Gasteiger partial charge in [-0.25, -0.2) is 9.97 Å². The predicted octanol–water partition coefficient (Wildman–Crippen LogP) is 1.06. The summed E-state index contributed by atoms with van der Waals surface area (Å²) < 4.78 is 1.61. The van der Waals surface area contributed by atoms with E-state index in [1.807, 2.05) is 24.3 Å². The molecule has 0 aliphatic heterocycles. The van der Waals surface area contributed by atoms with E-state index in [1.54, 1.807) is 23.4 Å². The summed E-state index contributed by atoms with van der Waals surface area (Å²) in [7, 11) is 0. The number of para-hydroxylation sites is 2. The molecule has 2 heterocycles. The second-order valence-electron chi connectivity index (χ2n) is 3.87. The van der Waals surface area contributed by atoms with Crippen LogP contribution >= 0.6 is 0 Å². The zero-order valence-electron chi connectivity index (χ0n) is 10.0. The lowest BCUT2D eigenvalue weighted by Gasteiger charge is -2.10. The smallest absolute Gasteiger partial charge is 0.143 e. The Hall–Kier alpha value is -2.83. The normalized spacial score (nSPS) is 10.3. The molecule has 0 amide bonds. The Labute approximate surface area is 109 Å². The standard InChI is InChI=1S/C12H11N7/c1-2-4-12(19-9-16-17-18-19)11(3-1)15-7-10-5-13-8-14-6-10/h1-6,8-9,15H,7H2. The third-order valence-corrected chi connectivity index (χ3v) is 2.60. The first-order valence-electron chi connectivity index (χ1n) is 5.73. The Morgan fingerprint density at radius 3 is 2.74 bits per heavy atom. The van der Waals surface area contributed by atoms with Crippen molar-refractivity contribution >= 4 is 5.69 Å². The minimum atomic E-state index is 0.639. The van der Waals surface area contributed by atoms with Crippen LogP contribution in [0, 0.1) is 0 Å². The maximum Gasteiger partial charge on any atom is 0.143 e.